The Bertz CT molecular complexity index is 1350. The van der Waals surface area contributed by atoms with Crippen molar-refractivity contribution in [3.05, 3.63) is 70.3 Å². The maximum atomic E-state index is 12.4. The molecule has 0 aliphatic carbocycles. The molecule has 0 atom stereocenters. The molecule has 0 aliphatic rings. The molecule has 0 saturated carbocycles. The minimum Gasteiger partial charge on any atom is -0.496 e. The number of tetrazole rings is 1. The van der Waals surface area contributed by atoms with E-state index in [-0.39, 0.29) is 12.3 Å². The maximum absolute atomic E-state index is 12.4. The van der Waals surface area contributed by atoms with Crippen molar-refractivity contribution in [2.45, 2.75) is 46.8 Å². The minimum atomic E-state index is -0.344. The molecule has 0 saturated heterocycles. The van der Waals surface area contributed by atoms with Crippen LogP contribution in [0.5, 0.6) is 11.5 Å². The number of aryl methyl sites for hydroxylation is 3. The summed E-state index contributed by atoms with van der Waals surface area (Å²) in [6.45, 7) is 7.62. The van der Waals surface area contributed by atoms with Crippen molar-refractivity contribution < 1.29 is 9.47 Å². The first-order valence-corrected chi connectivity index (χ1v) is 11.8. The van der Waals surface area contributed by atoms with Gasteiger partial charge < -0.3 is 9.47 Å². The Labute approximate surface area is 204 Å². The topological polar surface area (TPSA) is 89.0 Å². The van der Waals surface area contributed by atoms with Crippen molar-refractivity contribution in [2.24, 2.45) is 13.0 Å². The van der Waals surface area contributed by atoms with Gasteiger partial charge in [0.15, 0.2) is 0 Å². The molecule has 0 unspecified atom stereocenters. The van der Waals surface area contributed by atoms with Gasteiger partial charge in [0.25, 0.3) is 0 Å². The molecule has 2 heterocycles. The zero-order valence-electron chi connectivity index (χ0n) is 20.9. The van der Waals surface area contributed by atoms with Crippen molar-refractivity contribution in [1.29, 1.82) is 0 Å². The Kier molecular flexibility index (Phi) is 7.33. The number of hydrogen-bond donors (Lipinski definition) is 0. The third-order valence-electron chi connectivity index (χ3n) is 5.93. The van der Waals surface area contributed by atoms with Gasteiger partial charge in [-0.15, -0.1) is 0 Å². The summed E-state index contributed by atoms with van der Waals surface area (Å²) in [5.41, 5.74) is 3.91. The molecule has 2 aromatic heterocycles. The van der Waals surface area contributed by atoms with Crippen molar-refractivity contribution >= 4 is 0 Å². The fourth-order valence-corrected chi connectivity index (χ4v) is 3.98. The summed E-state index contributed by atoms with van der Waals surface area (Å²) in [6.07, 6.45) is 4.35. The lowest BCUT2D eigenvalue weighted by Crippen LogP contribution is -2.23. The first-order chi connectivity index (χ1) is 16.9. The first kappa shape index (κ1) is 24.3. The van der Waals surface area contributed by atoms with E-state index in [4.69, 9.17) is 14.6 Å². The molecule has 0 radical (unpaired) electrons. The standard InChI is InChI=1S/C26H32N6O3/c1-18(2)8-7-14-31-15-13-22(27-31)20-11-12-24(19(3)16-20)35-17-21-23(9-6-10-25(21)34-5)32-26(33)30(4)28-29-32/h6,9-13,15-16,18H,7-8,14,17H2,1-5H3. The van der Waals surface area contributed by atoms with Crippen molar-refractivity contribution in [3.8, 4) is 28.4 Å². The lowest BCUT2D eigenvalue weighted by molar-refractivity contribution is 0.294. The first-order valence-electron chi connectivity index (χ1n) is 11.8. The van der Waals surface area contributed by atoms with Crippen molar-refractivity contribution in [2.75, 3.05) is 7.11 Å². The summed E-state index contributed by atoms with van der Waals surface area (Å²) in [5, 5.41) is 12.5. The molecule has 0 N–H and O–H groups in total. The molecule has 4 aromatic rings. The van der Waals surface area contributed by atoms with Crippen LogP contribution < -0.4 is 15.2 Å². The number of rotatable bonds is 10. The van der Waals surface area contributed by atoms with Crippen molar-refractivity contribution in [3.63, 3.8) is 0 Å². The highest BCUT2D eigenvalue weighted by molar-refractivity contribution is 5.61. The highest BCUT2D eigenvalue weighted by atomic mass is 16.5. The van der Waals surface area contributed by atoms with Crippen LogP contribution in [0.2, 0.25) is 0 Å². The molecule has 2 aromatic carbocycles. The lowest BCUT2D eigenvalue weighted by atomic mass is 10.1. The number of aromatic nitrogens is 6. The second-order valence-electron chi connectivity index (χ2n) is 9.02. The van der Waals surface area contributed by atoms with Crippen LogP contribution in [0, 0.1) is 12.8 Å². The molecule has 184 valence electrons. The van der Waals surface area contributed by atoms with Gasteiger partial charge in [0.05, 0.1) is 24.1 Å². The Morgan fingerprint density at radius 1 is 1.06 bits per heavy atom. The SMILES string of the molecule is COc1cccc(-n2nnn(C)c2=O)c1COc1ccc(-c2ccn(CCCC(C)C)n2)cc1C. The van der Waals surface area contributed by atoms with Gasteiger partial charge in [-0.3, -0.25) is 4.68 Å². The van der Waals surface area contributed by atoms with Crippen LogP contribution in [0.3, 0.4) is 0 Å². The zero-order chi connectivity index (χ0) is 24.9. The average Bonchev–Trinajstić information content (AvgIpc) is 3.44. The molecule has 9 heteroatoms. The number of ether oxygens (including phenoxy) is 2. The van der Waals surface area contributed by atoms with Gasteiger partial charge >= 0.3 is 5.69 Å². The van der Waals surface area contributed by atoms with E-state index in [1.54, 1.807) is 26.3 Å². The van der Waals surface area contributed by atoms with Crippen LogP contribution in [0.1, 0.15) is 37.8 Å². The van der Waals surface area contributed by atoms with Gasteiger partial charge in [-0.1, -0.05) is 19.9 Å². The fourth-order valence-electron chi connectivity index (χ4n) is 3.98. The van der Waals surface area contributed by atoms with Crippen LogP contribution in [0.25, 0.3) is 16.9 Å². The van der Waals surface area contributed by atoms with Gasteiger partial charge in [-0.2, -0.15) is 14.5 Å². The summed E-state index contributed by atoms with van der Waals surface area (Å²) in [5.74, 6) is 2.06. The predicted octanol–water partition coefficient (Wildman–Crippen LogP) is 4.16. The van der Waals surface area contributed by atoms with E-state index in [2.05, 4.69) is 30.3 Å². The van der Waals surface area contributed by atoms with E-state index in [9.17, 15) is 4.79 Å². The average molecular weight is 477 g/mol. The summed E-state index contributed by atoms with van der Waals surface area (Å²) < 4.78 is 16.1. The Morgan fingerprint density at radius 3 is 2.57 bits per heavy atom. The molecular weight excluding hydrogens is 444 g/mol. The van der Waals surface area contributed by atoms with E-state index in [0.29, 0.717) is 22.9 Å². The van der Waals surface area contributed by atoms with Crippen LogP contribution in [-0.4, -0.2) is 36.7 Å². The molecule has 0 amide bonds. The smallest absolute Gasteiger partial charge is 0.368 e. The highest BCUT2D eigenvalue weighted by Gasteiger charge is 2.16. The number of hydrogen-bond acceptors (Lipinski definition) is 6. The molecular formula is C26H32N6O3. The van der Waals surface area contributed by atoms with Crippen LogP contribution >= 0.6 is 0 Å². The predicted molar refractivity (Wildman–Crippen MR) is 134 cm³/mol. The van der Waals surface area contributed by atoms with Gasteiger partial charge in [0.2, 0.25) is 0 Å². The second-order valence-corrected chi connectivity index (χ2v) is 9.02. The lowest BCUT2D eigenvalue weighted by Gasteiger charge is -2.15. The summed E-state index contributed by atoms with van der Waals surface area (Å²) in [7, 11) is 3.14. The zero-order valence-corrected chi connectivity index (χ0v) is 20.9. The number of nitrogens with zero attached hydrogens (tertiary/aromatic N) is 6. The summed E-state index contributed by atoms with van der Waals surface area (Å²) in [6, 6.07) is 13.5. The quantitative estimate of drug-likeness (QED) is 0.341. The normalized spacial score (nSPS) is 11.3. The Hall–Kier alpha value is -3.88. The molecule has 0 bridgehead atoms. The second kappa shape index (κ2) is 10.6. The van der Waals surface area contributed by atoms with Crippen LogP contribution in [0.15, 0.2) is 53.5 Å². The number of benzene rings is 2. The third kappa shape index (κ3) is 5.45. The van der Waals surface area contributed by atoms with Crippen molar-refractivity contribution in [1.82, 2.24) is 29.6 Å². The van der Waals surface area contributed by atoms with E-state index in [1.165, 1.54) is 15.8 Å². The highest BCUT2D eigenvalue weighted by Crippen LogP contribution is 2.29. The molecule has 0 aliphatic heterocycles. The van der Waals surface area contributed by atoms with E-state index in [1.807, 2.05) is 42.1 Å². The Balaban J connectivity index is 1.51. The van der Waals surface area contributed by atoms with Gasteiger partial charge in [0, 0.05) is 25.4 Å². The fraction of sp³-hybridized carbons (Fsp3) is 0.385. The van der Waals surface area contributed by atoms with E-state index in [0.717, 1.165) is 35.5 Å². The van der Waals surface area contributed by atoms with E-state index < -0.39 is 0 Å². The minimum absolute atomic E-state index is 0.201. The van der Waals surface area contributed by atoms with Crippen LogP contribution in [0.4, 0.5) is 0 Å². The van der Waals surface area contributed by atoms with Gasteiger partial charge in [-0.05, 0) is 78.1 Å². The monoisotopic (exact) mass is 476 g/mol. The molecule has 9 nitrogen and oxygen atoms in total. The van der Waals surface area contributed by atoms with E-state index >= 15 is 0 Å². The number of methoxy groups -OCH3 is 1. The molecule has 0 spiro atoms. The summed E-state index contributed by atoms with van der Waals surface area (Å²) >= 11 is 0. The Morgan fingerprint density at radius 2 is 1.89 bits per heavy atom. The third-order valence-corrected chi connectivity index (χ3v) is 5.93. The van der Waals surface area contributed by atoms with Gasteiger partial charge in [-0.25, -0.2) is 4.79 Å². The molecule has 4 rings (SSSR count). The van der Waals surface area contributed by atoms with Crippen LogP contribution in [-0.2, 0) is 20.2 Å². The molecule has 35 heavy (non-hydrogen) atoms. The largest absolute Gasteiger partial charge is 0.496 e. The maximum Gasteiger partial charge on any atom is 0.368 e. The molecule has 0 fully saturated rings. The van der Waals surface area contributed by atoms with Gasteiger partial charge in [0.1, 0.15) is 18.1 Å². The summed E-state index contributed by atoms with van der Waals surface area (Å²) in [4.78, 5) is 12.4.